The highest BCUT2D eigenvalue weighted by Gasteiger charge is 2.14. The number of rotatable bonds is 5. The first-order valence-electron chi connectivity index (χ1n) is 4.30. The van der Waals surface area contributed by atoms with Crippen LogP contribution >= 0.6 is 34.5 Å². The molecule has 0 amide bonds. The van der Waals surface area contributed by atoms with E-state index in [1.54, 1.807) is 0 Å². The highest BCUT2D eigenvalue weighted by Crippen LogP contribution is 2.20. The highest BCUT2D eigenvalue weighted by atomic mass is 35.5. The van der Waals surface area contributed by atoms with E-state index in [0.717, 1.165) is 9.21 Å². The fourth-order valence-electron chi connectivity index (χ4n) is 0.980. The van der Waals surface area contributed by atoms with Crippen LogP contribution in [0.25, 0.3) is 0 Å². The van der Waals surface area contributed by atoms with Gasteiger partial charge < -0.3 is 10.1 Å². The summed E-state index contributed by atoms with van der Waals surface area (Å²) < 4.78 is 5.24. The molecule has 1 atom stereocenters. The van der Waals surface area contributed by atoms with Gasteiger partial charge in [0.2, 0.25) is 0 Å². The number of carbonyl (C=O) groups is 1. The molecule has 3 nitrogen and oxygen atoms in total. The predicted octanol–water partition coefficient (Wildman–Crippen LogP) is 2.27. The van der Waals surface area contributed by atoms with Gasteiger partial charge >= 0.3 is 5.97 Å². The molecular weight excluding hydrogens is 257 g/mol. The average Bonchev–Trinajstić information content (AvgIpc) is 2.63. The van der Waals surface area contributed by atoms with Crippen molar-refractivity contribution in [2.45, 2.75) is 11.9 Å². The normalized spacial score (nSPS) is 12.5. The molecule has 0 aromatic carbocycles. The summed E-state index contributed by atoms with van der Waals surface area (Å²) in [5.74, 6) is -0.423. The molecule has 1 heterocycles. The van der Waals surface area contributed by atoms with Crippen LogP contribution in [0.3, 0.4) is 0 Å². The molecule has 0 aliphatic carbocycles. The van der Waals surface area contributed by atoms with E-state index in [1.807, 2.05) is 12.1 Å². The van der Waals surface area contributed by atoms with E-state index in [0.29, 0.717) is 13.1 Å². The Morgan fingerprint density at radius 1 is 1.67 bits per heavy atom. The Morgan fingerprint density at radius 3 is 2.93 bits per heavy atom. The molecule has 0 spiro atoms. The lowest BCUT2D eigenvalue weighted by Crippen LogP contribution is -2.29. The fraction of sp³-hybridized carbons (Fsp3) is 0.444. The van der Waals surface area contributed by atoms with E-state index >= 15 is 0 Å². The number of esters is 1. The van der Waals surface area contributed by atoms with Crippen molar-refractivity contribution in [3.8, 4) is 0 Å². The van der Waals surface area contributed by atoms with Gasteiger partial charge in [-0.15, -0.1) is 22.9 Å². The molecule has 6 heteroatoms. The Bertz CT molecular complexity index is 330. The van der Waals surface area contributed by atoms with Crippen LogP contribution in [0.5, 0.6) is 0 Å². The summed E-state index contributed by atoms with van der Waals surface area (Å²) >= 11 is 13.0. The van der Waals surface area contributed by atoms with E-state index in [-0.39, 0.29) is 0 Å². The van der Waals surface area contributed by atoms with Crippen LogP contribution < -0.4 is 5.32 Å². The van der Waals surface area contributed by atoms with Gasteiger partial charge in [-0.05, 0) is 12.1 Å². The molecule has 0 fully saturated rings. The maximum Gasteiger partial charge on any atom is 0.325 e. The van der Waals surface area contributed by atoms with E-state index in [9.17, 15) is 4.79 Å². The topological polar surface area (TPSA) is 38.3 Å². The zero-order chi connectivity index (χ0) is 11.3. The lowest BCUT2D eigenvalue weighted by Gasteiger charge is -2.07. The van der Waals surface area contributed by atoms with Crippen LogP contribution in [0.2, 0.25) is 4.34 Å². The van der Waals surface area contributed by atoms with Crippen LogP contribution in [0.15, 0.2) is 12.1 Å². The second-order valence-electron chi connectivity index (χ2n) is 2.83. The Hall–Kier alpha value is -0.290. The van der Waals surface area contributed by atoms with Gasteiger partial charge in [-0.25, -0.2) is 0 Å². The van der Waals surface area contributed by atoms with Crippen molar-refractivity contribution in [1.82, 2.24) is 5.32 Å². The Balaban J connectivity index is 2.24. The summed E-state index contributed by atoms with van der Waals surface area (Å²) in [5.41, 5.74) is 0. The monoisotopic (exact) mass is 267 g/mol. The van der Waals surface area contributed by atoms with E-state index in [1.165, 1.54) is 18.4 Å². The van der Waals surface area contributed by atoms with Gasteiger partial charge in [0.25, 0.3) is 0 Å². The average molecular weight is 268 g/mol. The smallest absolute Gasteiger partial charge is 0.325 e. The van der Waals surface area contributed by atoms with Gasteiger partial charge in [0, 0.05) is 18.0 Å². The molecule has 1 aromatic rings. The van der Waals surface area contributed by atoms with Crippen LogP contribution in [0.1, 0.15) is 4.88 Å². The van der Waals surface area contributed by atoms with Crippen molar-refractivity contribution >= 4 is 40.5 Å². The molecule has 0 saturated carbocycles. The van der Waals surface area contributed by atoms with Crippen LogP contribution in [0, 0.1) is 0 Å². The van der Waals surface area contributed by atoms with Crippen molar-refractivity contribution < 1.29 is 9.53 Å². The molecule has 15 heavy (non-hydrogen) atoms. The summed E-state index contributed by atoms with van der Waals surface area (Å²) in [6.07, 6.45) is 0. The van der Waals surface area contributed by atoms with Crippen molar-refractivity contribution in [2.24, 2.45) is 0 Å². The first kappa shape index (κ1) is 12.8. The minimum Gasteiger partial charge on any atom is -0.468 e. The summed E-state index contributed by atoms with van der Waals surface area (Å²) in [5, 5.41) is 2.40. The van der Waals surface area contributed by atoms with Crippen molar-refractivity contribution in [2.75, 3.05) is 13.7 Å². The number of hydrogen-bond acceptors (Lipinski definition) is 4. The van der Waals surface area contributed by atoms with E-state index in [4.69, 9.17) is 23.2 Å². The van der Waals surface area contributed by atoms with Crippen LogP contribution in [0.4, 0.5) is 0 Å². The maximum absolute atomic E-state index is 10.9. The first-order valence-corrected chi connectivity index (χ1v) is 5.93. The largest absolute Gasteiger partial charge is 0.468 e. The highest BCUT2D eigenvalue weighted by molar-refractivity contribution is 7.16. The van der Waals surface area contributed by atoms with E-state index in [2.05, 4.69) is 10.1 Å². The molecule has 84 valence electrons. The Labute approximate surface area is 102 Å². The third kappa shape index (κ3) is 4.38. The van der Waals surface area contributed by atoms with Gasteiger partial charge in [-0.2, -0.15) is 0 Å². The number of methoxy groups -OCH3 is 1. The van der Waals surface area contributed by atoms with Crippen LogP contribution in [-0.2, 0) is 16.1 Å². The molecule has 0 saturated heterocycles. The molecule has 0 aliphatic heterocycles. The fourth-order valence-corrected chi connectivity index (χ4v) is 2.24. The predicted molar refractivity (Wildman–Crippen MR) is 62.7 cm³/mol. The second kappa shape index (κ2) is 6.33. The Morgan fingerprint density at radius 2 is 2.40 bits per heavy atom. The number of alkyl halides is 1. The standard InChI is InChI=1S/C9H11Cl2NO2S/c1-14-9(13)7(10)5-12-4-6-2-3-8(11)15-6/h2-3,7,12H,4-5H2,1H3. The number of ether oxygens (including phenoxy) is 1. The zero-order valence-electron chi connectivity index (χ0n) is 8.13. The lowest BCUT2D eigenvalue weighted by atomic mass is 10.4. The van der Waals surface area contributed by atoms with Gasteiger partial charge in [0.1, 0.15) is 5.38 Å². The van der Waals surface area contributed by atoms with Gasteiger partial charge in [-0.3, -0.25) is 4.79 Å². The zero-order valence-corrected chi connectivity index (χ0v) is 10.5. The molecule has 0 aliphatic rings. The summed E-state index contributed by atoms with van der Waals surface area (Å²) in [6.45, 7) is 1.03. The number of nitrogens with one attached hydrogen (secondary N) is 1. The molecule has 1 rings (SSSR count). The summed E-state index contributed by atoms with van der Waals surface area (Å²) in [4.78, 5) is 12.1. The Kier molecular flexibility index (Phi) is 5.39. The summed E-state index contributed by atoms with van der Waals surface area (Å²) in [7, 11) is 1.32. The minimum absolute atomic E-state index is 0.379. The van der Waals surface area contributed by atoms with Crippen molar-refractivity contribution in [3.05, 3.63) is 21.3 Å². The minimum atomic E-state index is -0.648. The SMILES string of the molecule is COC(=O)C(Cl)CNCc1ccc(Cl)s1. The molecule has 1 unspecified atom stereocenters. The van der Waals surface area contributed by atoms with Gasteiger partial charge in [0.15, 0.2) is 0 Å². The van der Waals surface area contributed by atoms with Gasteiger partial charge in [0.05, 0.1) is 11.4 Å². The lowest BCUT2D eigenvalue weighted by molar-refractivity contribution is -0.140. The molecule has 1 N–H and O–H groups in total. The number of thiophene rings is 1. The first-order chi connectivity index (χ1) is 7.13. The van der Waals surface area contributed by atoms with Crippen LogP contribution in [-0.4, -0.2) is 25.0 Å². The maximum atomic E-state index is 10.9. The van der Waals surface area contributed by atoms with E-state index < -0.39 is 11.3 Å². The van der Waals surface area contributed by atoms with Crippen molar-refractivity contribution in [3.63, 3.8) is 0 Å². The molecular formula is C9H11Cl2NO2S. The van der Waals surface area contributed by atoms with Crippen molar-refractivity contribution in [1.29, 1.82) is 0 Å². The third-order valence-corrected chi connectivity index (χ3v) is 3.27. The molecule has 0 bridgehead atoms. The number of carbonyl (C=O) groups excluding carboxylic acids is 1. The number of halogens is 2. The number of hydrogen-bond donors (Lipinski definition) is 1. The summed E-state index contributed by atoms with van der Waals surface area (Å²) in [6, 6.07) is 3.77. The molecule has 1 aromatic heterocycles. The quantitative estimate of drug-likeness (QED) is 0.657. The van der Waals surface area contributed by atoms with Gasteiger partial charge in [-0.1, -0.05) is 11.6 Å². The third-order valence-electron chi connectivity index (χ3n) is 1.71. The molecule has 0 radical (unpaired) electrons. The second-order valence-corrected chi connectivity index (χ2v) is 5.15.